The molecule has 1 aromatic carbocycles. The van der Waals surface area contributed by atoms with Crippen molar-refractivity contribution in [2.45, 2.75) is 25.9 Å². The normalized spacial score (nSPS) is 9.80. The highest BCUT2D eigenvalue weighted by atomic mass is 16.5. The second-order valence-electron chi connectivity index (χ2n) is 4.36. The van der Waals surface area contributed by atoms with Crippen LogP contribution in [0.1, 0.15) is 24.8 Å². The Labute approximate surface area is 119 Å². The number of unbranched alkanes of at least 4 members (excludes halogenated alkanes) is 2. The Morgan fingerprint density at radius 1 is 1.20 bits per heavy atom. The Hall–Kier alpha value is -1.97. The van der Waals surface area contributed by atoms with Crippen LogP contribution in [-0.2, 0) is 20.9 Å². The Morgan fingerprint density at radius 2 is 2.00 bits per heavy atom. The van der Waals surface area contributed by atoms with Gasteiger partial charge in [-0.05, 0) is 24.9 Å². The van der Waals surface area contributed by atoms with Gasteiger partial charge < -0.3 is 10.1 Å². The molecule has 0 saturated heterocycles. The van der Waals surface area contributed by atoms with Crippen LogP contribution < -0.4 is 5.32 Å². The first kappa shape index (κ1) is 16.1. The summed E-state index contributed by atoms with van der Waals surface area (Å²) in [5.41, 5.74) is 0.983. The van der Waals surface area contributed by atoms with E-state index >= 15 is 0 Å². The molecular weight excluding hydrogens is 256 g/mol. The van der Waals surface area contributed by atoms with Gasteiger partial charge in [0.05, 0.1) is 13.1 Å². The highest BCUT2D eigenvalue weighted by Gasteiger charge is 2.02. The standard InChI is InChI=1S/C15H20N2O3/c18-13-17-10-6-2-5-9-16-11-15(19)20-12-14-7-3-1-4-8-14/h1,3-4,7-8,16H,2,5-6,9-12H2. The highest BCUT2D eigenvalue weighted by molar-refractivity contribution is 5.71. The maximum absolute atomic E-state index is 11.4. The second-order valence-corrected chi connectivity index (χ2v) is 4.36. The first-order valence-corrected chi connectivity index (χ1v) is 6.77. The molecule has 0 aliphatic rings. The van der Waals surface area contributed by atoms with Crippen molar-refractivity contribution in [2.24, 2.45) is 4.99 Å². The number of ether oxygens (including phenoxy) is 1. The van der Waals surface area contributed by atoms with Crippen LogP contribution in [0.2, 0.25) is 0 Å². The molecule has 0 aliphatic heterocycles. The molecule has 0 spiro atoms. The fourth-order valence-electron chi connectivity index (χ4n) is 1.64. The van der Waals surface area contributed by atoms with Gasteiger partial charge in [0.25, 0.3) is 0 Å². The lowest BCUT2D eigenvalue weighted by Crippen LogP contribution is -2.25. The average Bonchev–Trinajstić information content (AvgIpc) is 2.49. The monoisotopic (exact) mass is 276 g/mol. The summed E-state index contributed by atoms with van der Waals surface area (Å²) in [4.78, 5) is 24.7. The zero-order valence-corrected chi connectivity index (χ0v) is 11.5. The smallest absolute Gasteiger partial charge is 0.320 e. The summed E-state index contributed by atoms with van der Waals surface area (Å²) in [6.07, 6.45) is 4.30. The van der Waals surface area contributed by atoms with Crippen molar-refractivity contribution in [3.05, 3.63) is 35.9 Å². The Balaban J connectivity index is 1.96. The van der Waals surface area contributed by atoms with Gasteiger partial charge in [0, 0.05) is 0 Å². The first-order chi connectivity index (χ1) is 9.83. The largest absolute Gasteiger partial charge is 0.460 e. The molecule has 0 radical (unpaired) electrons. The van der Waals surface area contributed by atoms with Crippen LogP contribution in [0.15, 0.2) is 35.3 Å². The van der Waals surface area contributed by atoms with E-state index in [0.717, 1.165) is 31.4 Å². The van der Waals surface area contributed by atoms with Crippen molar-refractivity contribution < 1.29 is 14.3 Å². The topological polar surface area (TPSA) is 67.8 Å². The van der Waals surface area contributed by atoms with E-state index in [1.165, 1.54) is 6.08 Å². The van der Waals surface area contributed by atoms with Crippen molar-refractivity contribution in [3.8, 4) is 0 Å². The van der Waals surface area contributed by atoms with Crippen LogP contribution in [0.3, 0.4) is 0 Å². The minimum atomic E-state index is -0.251. The second kappa shape index (κ2) is 10.9. The van der Waals surface area contributed by atoms with Crippen LogP contribution >= 0.6 is 0 Å². The molecule has 1 N–H and O–H groups in total. The van der Waals surface area contributed by atoms with Crippen molar-refractivity contribution in [1.82, 2.24) is 5.32 Å². The van der Waals surface area contributed by atoms with Crippen molar-refractivity contribution in [1.29, 1.82) is 0 Å². The van der Waals surface area contributed by atoms with Gasteiger partial charge in [-0.15, -0.1) is 0 Å². The van der Waals surface area contributed by atoms with Gasteiger partial charge in [0.2, 0.25) is 6.08 Å². The number of isocyanates is 1. The number of benzene rings is 1. The van der Waals surface area contributed by atoms with E-state index in [9.17, 15) is 9.59 Å². The number of nitrogens with zero attached hydrogens (tertiary/aromatic N) is 1. The van der Waals surface area contributed by atoms with Crippen molar-refractivity contribution in [3.63, 3.8) is 0 Å². The summed E-state index contributed by atoms with van der Waals surface area (Å²) in [6, 6.07) is 9.59. The zero-order valence-electron chi connectivity index (χ0n) is 11.5. The van der Waals surface area contributed by atoms with E-state index in [1.807, 2.05) is 30.3 Å². The molecule has 0 unspecified atom stereocenters. The van der Waals surface area contributed by atoms with E-state index in [-0.39, 0.29) is 12.5 Å². The van der Waals surface area contributed by atoms with Crippen LogP contribution in [0.25, 0.3) is 0 Å². The third-order valence-electron chi connectivity index (χ3n) is 2.70. The summed E-state index contributed by atoms with van der Waals surface area (Å²) in [6.45, 7) is 1.82. The lowest BCUT2D eigenvalue weighted by molar-refractivity contribution is -0.143. The van der Waals surface area contributed by atoms with Gasteiger partial charge in [0.15, 0.2) is 0 Å². The minimum absolute atomic E-state index is 0.222. The Bertz CT molecular complexity index is 428. The third-order valence-corrected chi connectivity index (χ3v) is 2.70. The molecule has 0 atom stereocenters. The first-order valence-electron chi connectivity index (χ1n) is 6.77. The van der Waals surface area contributed by atoms with E-state index in [2.05, 4.69) is 10.3 Å². The van der Waals surface area contributed by atoms with Crippen LogP contribution in [0.4, 0.5) is 0 Å². The molecule has 0 aromatic heterocycles. The van der Waals surface area contributed by atoms with Gasteiger partial charge in [-0.2, -0.15) is 0 Å². The summed E-state index contributed by atoms with van der Waals surface area (Å²) in [5, 5.41) is 3.03. The van der Waals surface area contributed by atoms with Gasteiger partial charge in [0.1, 0.15) is 6.61 Å². The zero-order chi connectivity index (χ0) is 14.5. The maximum Gasteiger partial charge on any atom is 0.320 e. The average molecular weight is 276 g/mol. The molecule has 0 heterocycles. The maximum atomic E-state index is 11.4. The van der Waals surface area contributed by atoms with Gasteiger partial charge in [-0.1, -0.05) is 36.8 Å². The third kappa shape index (κ3) is 8.19. The lowest BCUT2D eigenvalue weighted by Gasteiger charge is -2.06. The predicted molar refractivity (Wildman–Crippen MR) is 75.9 cm³/mol. The number of aliphatic imine (C=N–C) groups is 1. The van der Waals surface area contributed by atoms with Gasteiger partial charge in [-0.3, -0.25) is 4.79 Å². The fraction of sp³-hybridized carbons (Fsp3) is 0.467. The number of esters is 1. The number of nitrogens with one attached hydrogen (secondary N) is 1. The molecule has 0 saturated carbocycles. The SMILES string of the molecule is O=C=NCCCCCNCC(=O)OCc1ccccc1. The molecule has 5 nitrogen and oxygen atoms in total. The Morgan fingerprint density at radius 3 is 2.75 bits per heavy atom. The molecule has 1 aromatic rings. The molecule has 20 heavy (non-hydrogen) atoms. The Kier molecular flexibility index (Phi) is 8.77. The molecule has 0 fully saturated rings. The highest BCUT2D eigenvalue weighted by Crippen LogP contribution is 2.00. The van der Waals surface area contributed by atoms with Crippen LogP contribution in [0.5, 0.6) is 0 Å². The molecule has 1 rings (SSSR count). The molecule has 0 aliphatic carbocycles. The van der Waals surface area contributed by atoms with Crippen molar-refractivity contribution >= 4 is 12.0 Å². The molecule has 0 amide bonds. The number of hydrogen-bond acceptors (Lipinski definition) is 5. The quantitative estimate of drug-likeness (QED) is 0.306. The van der Waals surface area contributed by atoms with E-state index < -0.39 is 0 Å². The predicted octanol–water partition coefficient (Wildman–Crippen LogP) is 1.83. The van der Waals surface area contributed by atoms with Gasteiger partial charge in [-0.25, -0.2) is 9.79 Å². The van der Waals surface area contributed by atoms with Crippen LogP contribution in [0, 0.1) is 0 Å². The molecule has 0 bridgehead atoms. The van der Waals surface area contributed by atoms with Crippen LogP contribution in [-0.4, -0.2) is 31.7 Å². The fourth-order valence-corrected chi connectivity index (χ4v) is 1.64. The van der Waals surface area contributed by atoms with E-state index in [0.29, 0.717) is 13.2 Å². The summed E-state index contributed by atoms with van der Waals surface area (Å²) >= 11 is 0. The number of carbonyl (C=O) groups excluding carboxylic acids is 2. The van der Waals surface area contributed by atoms with E-state index in [1.54, 1.807) is 0 Å². The number of rotatable bonds is 10. The number of carbonyl (C=O) groups is 1. The summed E-state index contributed by atoms with van der Waals surface area (Å²) < 4.78 is 5.13. The molecule has 5 heteroatoms. The molecule has 108 valence electrons. The minimum Gasteiger partial charge on any atom is -0.460 e. The summed E-state index contributed by atoms with van der Waals surface area (Å²) in [5.74, 6) is -0.251. The van der Waals surface area contributed by atoms with Crippen molar-refractivity contribution in [2.75, 3.05) is 19.6 Å². The van der Waals surface area contributed by atoms with Gasteiger partial charge >= 0.3 is 5.97 Å². The number of hydrogen-bond donors (Lipinski definition) is 1. The lowest BCUT2D eigenvalue weighted by atomic mass is 10.2. The van der Waals surface area contributed by atoms with E-state index in [4.69, 9.17) is 4.74 Å². The molecular formula is C15H20N2O3. The summed E-state index contributed by atoms with van der Waals surface area (Å²) in [7, 11) is 0.